The second-order valence-corrected chi connectivity index (χ2v) is 3.06. The third kappa shape index (κ3) is 2.29. The van der Waals surface area contributed by atoms with E-state index in [0.717, 1.165) is 16.7 Å². The zero-order chi connectivity index (χ0) is 10.5. The molecule has 0 nitrogen and oxygen atoms in total. The normalized spacial score (nSPS) is 11.5. The first-order valence-corrected chi connectivity index (χ1v) is 4.60. The molecule has 1 aliphatic rings. The van der Waals surface area contributed by atoms with Crippen LogP contribution >= 0.6 is 0 Å². The van der Waals surface area contributed by atoms with Crippen molar-refractivity contribution >= 4 is 0 Å². The Morgan fingerprint density at radius 3 is 2.33 bits per heavy atom. The lowest BCUT2D eigenvalue weighted by atomic mass is 10.1. The summed E-state index contributed by atoms with van der Waals surface area (Å²) >= 11 is 0. The summed E-state index contributed by atoms with van der Waals surface area (Å²) in [6.45, 7) is 0. The maximum atomic E-state index is 5.26. The summed E-state index contributed by atoms with van der Waals surface area (Å²) in [5, 5.41) is 0. The maximum absolute atomic E-state index is 5.26. The number of terminal acetylenes is 1. The first-order valence-electron chi connectivity index (χ1n) is 4.60. The van der Waals surface area contributed by atoms with E-state index in [1.165, 1.54) is 0 Å². The van der Waals surface area contributed by atoms with E-state index in [1.807, 2.05) is 42.5 Å². The molecule has 1 aromatic carbocycles. The van der Waals surface area contributed by atoms with Crippen molar-refractivity contribution in [3.8, 4) is 24.2 Å². The molecule has 0 spiro atoms. The Kier molecular flexibility index (Phi) is 2.57. The molecular formula is C15H8. The van der Waals surface area contributed by atoms with Crippen molar-refractivity contribution in [2.24, 2.45) is 0 Å². The summed E-state index contributed by atoms with van der Waals surface area (Å²) in [5.41, 5.74) is 5.77. The molecule has 0 radical (unpaired) electrons. The first kappa shape index (κ1) is 9.17. The molecule has 0 heteroatoms. The Morgan fingerprint density at radius 1 is 1.00 bits per heavy atom. The Labute approximate surface area is 89.6 Å². The van der Waals surface area contributed by atoms with Gasteiger partial charge in [-0.25, -0.2) is 0 Å². The average Bonchev–Trinajstić information content (AvgIpc) is 2.80. The molecule has 68 valence electrons. The molecule has 1 aliphatic carbocycles. The van der Waals surface area contributed by atoms with Crippen molar-refractivity contribution in [1.29, 1.82) is 0 Å². The summed E-state index contributed by atoms with van der Waals surface area (Å²) < 4.78 is 0. The van der Waals surface area contributed by atoms with Gasteiger partial charge in [-0.15, -0.1) is 12.2 Å². The Balaban J connectivity index is 2.22. The van der Waals surface area contributed by atoms with E-state index in [4.69, 9.17) is 6.42 Å². The topological polar surface area (TPSA) is 0 Å². The number of benzene rings is 1. The van der Waals surface area contributed by atoms with Crippen LogP contribution in [-0.2, 0) is 0 Å². The van der Waals surface area contributed by atoms with Gasteiger partial charge in [-0.2, -0.15) is 0 Å². The van der Waals surface area contributed by atoms with Crippen LogP contribution in [0.1, 0.15) is 11.1 Å². The molecule has 0 aliphatic heterocycles. The van der Waals surface area contributed by atoms with Gasteiger partial charge in [0.1, 0.15) is 0 Å². The molecule has 0 N–H and O–H groups in total. The highest BCUT2D eigenvalue weighted by atomic mass is 13.9. The highest BCUT2D eigenvalue weighted by Gasteiger charge is 1.89. The van der Waals surface area contributed by atoms with Gasteiger partial charge in [-0.1, -0.05) is 23.8 Å². The first-order chi connectivity index (χ1) is 7.38. The monoisotopic (exact) mass is 188 g/mol. The largest absolute Gasteiger partial charge is 0.115 e. The maximum Gasteiger partial charge on any atom is 0.0667 e. The van der Waals surface area contributed by atoms with Crippen LogP contribution in [0.2, 0.25) is 0 Å². The van der Waals surface area contributed by atoms with Crippen molar-refractivity contribution in [2.45, 2.75) is 0 Å². The molecule has 0 unspecified atom stereocenters. The summed E-state index contributed by atoms with van der Waals surface area (Å²) in [5.74, 6) is 8.64. The van der Waals surface area contributed by atoms with Gasteiger partial charge in [0.15, 0.2) is 0 Å². The minimum absolute atomic E-state index is 0.875. The lowest BCUT2D eigenvalue weighted by Crippen LogP contribution is -1.76. The fourth-order valence-electron chi connectivity index (χ4n) is 1.20. The summed E-state index contributed by atoms with van der Waals surface area (Å²) in [6, 6.07) is 7.62. The third-order valence-electron chi connectivity index (χ3n) is 1.99. The van der Waals surface area contributed by atoms with Crippen LogP contribution in [0.5, 0.6) is 0 Å². The number of hydrogen-bond donors (Lipinski definition) is 0. The molecule has 0 saturated carbocycles. The van der Waals surface area contributed by atoms with Crippen LogP contribution in [0, 0.1) is 24.2 Å². The quantitative estimate of drug-likeness (QED) is 0.433. The Bertz CT molecular complexity index is 557. The van der Waals surface area contributed by atoms with E-state index in [-0.39, 0.29) is 0 Å². The van der Waals surface area contributed by atoms with Gasteiger partial charge in [-0.3, -0.25) is 0 Å². The molecule has 0 fully saturated rings. The standard InChI is InChI=1S/C15H8/c1-2-13-7-9-15(10-8-13)12-11-14-5-3-4-6-14/h1,3-5,7-10H. The Morgan fingerprint density at radius 2 is 1.73 bits per heavy atom. The van der Waals surface area contributed by atoms with E-state index in [0.29, 0.717) is 0 Å². The van der Waals surface area contributed by atoms with Gasteiger partial charge >= 0.3 is 0 Å². The zero-order valence-corrected chi connectivity index (χ0v) is 8.12. The van der Waals surface area contributed by atoms with Crippen LogP contribution in [-0.4, -0.2) is 0 Å². The molecule has 0 amide bonds. The minimum Gasteiger partial charge on any atom is -0.115 e. The van der Waals surface area contributed by atoms with Gasteiger partial charge in [0.05, 0.1) is 5.57 Å². The van der Waals surface area contributed by atoms with Crippen LogP contribution < -0.4 is 0 Å². The van der Waals surface area contributed by atoms with Gasteiger partial charge in [-0.05, 0) is 36.4 Å². The fraction of sp³-hybridized carbons (Fsp3) is 0. The van der Waals surface area contributed by atoms with E-state index in [1.54, 1.807) is 0 Å². The van der Waals surface area contributed by atoms with Gasteiger partial charge in [0, 0.05) is 11.1 Å². The van der Waals surface area contributed by atoms with E-state index < -0.39 is 0 Å². The third-order valence-corrected chi connectivity index (χ3v) is 1.99. The van der Waals surface area contributed by atoms with Crippen molar-refractivity contribution in [2.75, 3.05) is 0 Å². The Hall–Kier alpha value is -2.40. The molecule has 0 aromatic heterocycles. The van der Waals surface area contributed by atoms with E-state index in [2.05, 4.69) is 23.5 Å². The van der Waals surface area contributed by atoms with Gasteiger partial charge in [0.2, 0.25) is 0 Å². The van der Waals surface area contributed by atoms with Crippen molar-refractivity contribution in [1.82, 2.24) is 0 Å². The van der Waals surface area contributed by atoms with Crippen LogP contribution in [0.4, 0.5) is 0 Å². The summed E-state index contributed by atoms with van der Waals surface area (Å²) in [6.07, 6.45) is 11.0. The van der Waals surface area contributed by atoms with Crippen molar-refractivity contribution in [3.63, 3.8) is 0 Å². The molecule has 0 saturated heterocycles. The SMILES string of the molecule is C#Cc1ccc(C#CC2=C=CC=C2)cc1. The number of hydrogen-bond acceptors (Lipinski definition) is 0. The van der Waals surface area contributed by atoms with Crippen LogP contribution in [0.15, 0.2) is 53.8 Å². The molecule has 0 atom stereocenters. The molecular weight excluding hydrogens is 180 g/mol. The molecule has 2 rings (SSSR count). The molecule has 15 heavy (non-hydrogen) atoms. The predicted octanol–water partition coefficient (Wildman–Crippen LogP) is 2.67. The van der Waals surface area contributed by atoms with Crippen LogP contribution in [0.3, 0.4) is 0 Å². The summed E-state index contributed by atoms with van der Waals surface area (Å²) in [7, 11) is 0. The zero-order valence-electron chi connectivity index (χ0n) is 8.12. The molecule has 1 aromatic rings. The molecule has 0 bridgehead atoms. The highest BCUT2D eigenvalue weighted by Crippen LogP contribution is 2.03. The highest BCUT2D eigenvalue weighted by molar-refractivity contribution is 5.48. The van der Waals surface area contributed by atoms with Crippen LogP contribution in [0.25, 0.3) is 0 Å². The lowest BCUT2D eigenvalue weighted by Gasteiger charge is -1.90. The fourth-order valence-corrected chi connectivity index (χ4v) is 1.20. The van der Waals surface area contributed by atoms with E-state index >= 15 is 0 Å². The minimum atomic E-state index is 0.875. The predicted molar refractivity (Wildman–Crippen MR) is 62.0 cm³/mol. The second kappa shape index (κ2) is 4.21. The van der Waals surface area contributed by atoms with Gasteiger partial charge < -0.3 is 0 Å². The van der Waals surface area contributed by atoms with Crippen molar-refractivity contribution in [3.05, 3.63) is 64.9 Å². The smallest absolute Gasteiger partial charge is 0.0667 e. The summed E-state index contributed by atoms with van der Waals surface area (Å²) in [4.78, 5) is 0. The van der Waals surface area contributed by atoms with E-state index in [9.17, 15) is 0 Å². The lowest BCUT2D eigenvalue weighted by molar-refractivity contribution is 1.60. The van der Waals surface area contributed by atoms with Crippen molar-refractivity contribution < 1.29 is 0 Å². The second-order valence-electron chi connectivity index (χ2n) is 3.06. The number of rotatable bonds is 0. The molecule has 0 heterocycles. The number of allylic oxidation sites excluding steroid dienone is 3. The average molecular weight is 188 g/mol. The van der Waals surface area contributed by atoms with Gasteiger partial charge in [0.25, 0.3) is 0 Å².